The summed E-state index contributed by atoms with van der Waals surface area (Å²) in [4.78, 5) is 58.7. The summed E-state index contributed by atoms with van der Waals surface area (Å²) >= 11 is 0. The largest absolute Gasteiger partial charge is 0.350 e. The average molecular weight is 324 g/mol. The highest BCUT2D eigenvalue weighted by Crippen LogP contribution is 2.18. The molecule has 3 N–H and O–H groups in total. The van der Waals surface area contributed by atoms with Crippen LogP contribution in [0.5, 0.6) is 0 Å². The zero-order chi connectivity index (χ0) is 16.8. The van der Waals surface area contributed by atoms with Crippen molar-refractivity contribution >= 4 is 29.9 Å². The second-order valence-corrected chi connectivity index (χ2v) is 5.63. The molecule has 1 saturated heterocycles. The predicted octanol–water partition coefficient (Wildman–Crippen LogP) is -2.31. The lowest BCUT2D eigenvalue weighted by Gasteiger charge is -2.23. The van der Waals surface area contributed by atoms with E-state index in [0.29, 0.717) is 25.8 Å². The van der Waals surface area contributed by atoms with Gasteiger partial charge in [-0.1, -0.05) is 0 Å². The first kappa shape index (κ1) is 16.9. The molecule has 9 heteroatoms. The Labute approximate surface area is 133 Å². The summed E-state index contributed by atoms with van der Waals surface area (Å²) in [5, 5.41) is 7.22. The van der Waals surface area contributed by atoms with Crippen LogP contribution < -0.4 is 16.0 Å². The third-order valence-electron chi connectivity index (χ3n) is 3.80. The minimum atomic E-state index is -0.705. The minimum Gasteiger partial charge on any atom is -0.350 e. The first-order chi connectivity index (χ1) is 11.0. The van der Waals surface area contributed by atoms with Crippen LogP contribution in [0.3, 0.4) is 0 Å². The third-order valence-corrected chi connectivity index (χ3v) is 3.80. The highest BCUT2D eigenvalue weighted by atomic mass is 16.2. The zero-order valence-electron chi connectivity index (χ0n) is 12.7. The van der Waals surface area contributed by atoms with Crippen LogP contribution >= 0.6 is 0 Å². The maximum atomic E-state index is 12.1. The first-order valence-electron chi connectivity index (χ1n) is 7.61. The van der Waals surface area contributed by atoms with E-state index >= 15 is 0 Å². The Bertz CT molecular complexity index is 517. The molecular formula is C14H20N4O5. The molecule has 0 bridgehead atoms. The standard InChI is InChI=1S/C14H20N4O5/c19-8-15-7-12(21)18-5-1-2-10(18)13(22)16-6-11(20)14(23)17-9-3-4-9/h8-10H,1-7H2,(H,15,19)(H,16,22)(H,17,23). The molecule has 4 amide bonds. The third kappa shape index (κ3) is 4.76. The molecule has 126 valence electrons. The average Bonchev–Trinajstić information content (AvgIpc) is 3.21. The summed E-state index contributed by atoms with van der Waals surface area (Å²) < 4.78 is 0. The molecular weight excluding hydrogens is 304 g/mol. The molecule has 0 aromatic heterocycles. The quantitative estimate of drug-likeness (QED) is 0.342. The highest BCUT2D eigenvalue weighted by Gasteiger charge is 2.34. The number of Topliss-reactive ketones (excluding diaryl/α,β-unsaturated/α-hetero) is 1. The van der Waals surface area contributed by atoms with Gasteiger partial charge in [0.2, 0.25) is 24.0 Å². The lowest BCUT2D eigenvalue weighted by atomic mass is 10.2. The molecule has 0 spiro atoms. The van der Waals surface area contributed by atoms with Gasteiger partial charge in [-0.25, -0.2) is 0 Å². The molecule has 1 unspecified atom stereocenters. The van der Waals surface area contributed by atoms with Crippen LogP contribution in [-0.2, 0) is 24.0 Å². The number of rotatable bonds is 8. The van der Waals surface area contributed by atoms with Crippen molar-refractivity contribution in [3.8, 4) is 0 Å². The summed E-state index contributed by atoms with van der Waals surface area (Å²) in [6.07, 6.45) is 3.32. The topological polar surface area (TPSA) is 125 Å². The van der Waals surface area contributed by atoms with E-state index in [-0.39, 0.29) is 25.0 Å². The van der Waals surface area contributed by atoms with Gasteiger partial charge in [-0.3, -0.25) is 24.0 Å². The summed E-state index contributed by atoms with van der Waals surface area (Å²) in [6.45, 7) is -0.133. The van der Waals surface area contributed by atoms with Crippen molar-refractivity contribution in [1.29, 1.82) is 0 Å². The number of carbonyl (C=O) groups excluding carboxylic acids is 5. The zero-order valence-corrected chi connectivity index (χ0v) is 12.7. The van der Waals surface area contributed by atoms with Crippen LogP contribution in [-0.4, -0.2) is 66.5 Å². The van der Waals surface area contributed by atoms with Crippen molar-refractivity contribution in [1.82, 2.24) is 20.9 Å². The summed E-state index contributed by atoms with van der Waals surface area (Å²) in [5.41, 5.74) is 0. The second-order valence-electron chi connectivity index (χ2n) is 5.63. The van der Waals surface area contributed by atoms with Gasteiger partial charge < -0.3 is 20.9 Å². The predicted molar refractivity (Wildman–Crippen MR) is 78.0 cm³/mol. The van der Waals surface area contributed by atoms with Crippen molar-refractivity contribution in [3.63, 3.8) is 0 Å². The molecule has 1 aliphatic heterocycles. The first-order valence-corrected chi connectivity index (χ1v) is 7.61. The van der Waals surface area contributed by atoms with Gasteiger partial charge in [0.1, 0.15) is 6.04 Å². The van der Waals surface area contributed by atoms with Crippen molar-refractivity contribution in [3.05, 3.63) is 0 Å². The van der Waals surface area contributed by atoms with Gasteiger partial charge in [0.05, 0.1) is 13.1 Å². The molecule has 2 fully saturated rings. The molecule has 2 rings (SSSR count). The van der Waals surface area contributed by atoms with Gasteiger partial charge in [-0.2, -0.15) is 0 Å². The fourth-order valence-electron chi connectivity index (χ4n) is 2.43. The lowest BCUT2D eigenvalue weighted by molar-refractivity contribution is -0.140. The van der Waals surface area contributed by atoms with Crippen LogP contribution in [0.4, 0.5) is 0 Å². The fraction of sp³-hybridized carbons (Fsp3) is 0.643. The maximum Gasteiger partial charge on any atom is 0.289 e. The molecule has 23 heavy (non-hydrogen) atoms. The molecule has 0 radical (unpaired) electrons. The van der Waals surface area contributed by atoms with Gasteiger partial charge in [0.15, 0.2) is 0 Å². The van der Waals surface area contributed by atoms with Crippen LogP contribution in [0, 0.1) is 0 Å². The second kappa shape index (κ2) is 7.70. The van der Waals surface area contributed by atoms with E-state index in [0.717, 1.165) is 12.8 Å². The van der Waals surface area contributed by atoms with E-state index < -0.39 is 23.6 Å². The number of hydrogen-bond acceptors (Lipinski definition) is 5. The van der Waals surface area contributed by atoms with Crippen molar-refractivity contribution in [2.75, 3.05) is 19.6 Å². The van der Waals surface area contributed by atoms with Crippen molar-refractivity contribution in [2.24, 2.45) is 0 Å². The van der Waals surface area contributed by atoms with E-state index in [9.17, 15) is 24.0 Å². The van der Waals surface area contributed by atoms with Crippen LogP contribution in [0.25, 0.3) is 0 Å². The van der Waals surface area contributed by atoms with E-state index in [2.05, 4.69) is 16.0 Å². The van der Waals surface area contributed by atoms with Crippen LogP contribution in [0.1, 0.15) is 25.7 Å². The Morgan fingerprint density at radius 3 is 2.48 bits per heavy atom. The van der Waals surface area contributed by atoms with Crippen LogP contribution in [0.2, 0.25) is 0 Å². The molecule has 0 aromatic rings. The number of hydrogen-bond donors (Lipinski definition) is 3. The van der Waals surface area contributed by atoms with Gasteiger partial charge in [0, 0.05) is 12.6 Å². The van der Waals surface area contributed by atoms with Crippen molar-refractivity contribution in [2.45, 2.75) is 37.8 Å². The number of nitrogens with zero attached hydrogens (tertiary/aromatic N) is 1. The fourth-order valence-corrected chi connectivity index (χ4v) is 2.43. The number of nitrogens with one attached hydrogen (secondary N) is 3. The van der Waals surface area contributed by atoms with E-state index in [4.69, 9.17) is 0 Å². The Morgan fingerprint density at radius 2 is 1.83 bits per heavy atom. The molecule has 9 nitrogen and oxygen atoms in total. The van der Waals surface area contributed by atoms with E-state index in [1.807, 2.05) is 0 Å². The summed E-state index contributed by atoms with van der Waals surface area (Å²) in [7, 11) is 0. The Hall–Kier alpha value is -2.45. The smallest absolute Gasteiger partial charge is 0.289 e. The molecule has 1 atom stereocenters. The van der Waals surface area contributed by atoms with Crippen LogP contribution in [0.15, 0.2) is 0 Å². The van der Waals surface area contributed by atoms with Gasteiger partial charge in [0.25, 0.3) is 5.91 Å². The van der Waals surface area contributed by atoms with E-state index in [1.54, 1.807) is 0 Å². The lowest BCUT2D eigenvalue weighted by Crippen LogP contribution is -2.50. The maximum absolute atomic E-state index is 12.1. The number of amides is 4. The van der Waals surface area contributed by atoms with Crippen molar-refractivity contribution < 1.29 is 24.0 Å². The minimum absolute atomic E-state index is 0.0791. The number of carbonyl (C=O) groups is 5. The van der Waals surface area contributed by atoms with Gasteiger partial charge in [-0.05, 0) is 25.7 Å². The van der Waals surface area contributed by atoms with Gasteiger partial charge >= 0.3 is 0 Å². The molecule has 1 heterocycles. The highest BCUT2D eigenvalue weighted by molar-refractivity contribution is 6.37. The summed E-state index contributed by atoms with van der Waals surface area (Å²) in [6, 6.07) is -0.592. The number of likely N-dealkylation sites (tertiary alicyclic amines) is 1. The SMILES string of the molecule is O=CNCC(=O)N1CCCC1C(=O)NCC(=O)C(=O)NC1CC1. The Morgan fingerprint density at radius 1 is 1.09 bits per heavy atom. The molecule has 2 aliphatic rings. The van der Waals surface area contributed by atoms with E-state index in [1.165, 1.54) is 4.90 Å². The molecule has 1 saturated carbocycles. The molecule has 1 aliphatic carbocycles. The summed E-state index contributed by atoms with van der Waals surface area (Å²) in [5.74, 6) is -2.21. The monoisotopic (exact) mass is 324 g/mol. The molecule has 0 aromatic carbocycles. The Balaban J connectivity index is 1.79. The Kier molecular flexibility index (Phi) is 5.67. The normalized spacial score (nSPS) is 19.8. The van der Waals surface area contributed by atoms with Gasteiger partial charge in [-0.15, -0.1) is 0 Å². The number of ketones is 1.